The molecule has 148 valence electrons. The molecule has 1 heterocycles. The average Bonchev–Trinajstić information content (AvgIpc) is 2.74. The van der Waals surface area contributed by atoms with Crippen LogP contribution < -0.4 is 10.1 Å². The molecule has 0 spiro atoms. The standard InChI is InChI=1S/C22H27N3O3/c26-21(23-19-7-3-1-4-8-19)11-13-24-14-16-25(17-15-24)22(27)12-18-28-20-9-5-2-6-10-20/h1-10H,11-18H2,(H,23,26). The summed E-state index contributed by atoms with van der Waals surface area (Å²) in [5.74, 6) is 0.925. The van der Waals surface area contributed by atoms with E-state index < -0.39 is 0 Å². The molecule has 0 bridgehead atoms. The molecule has 28 heavy (non-hydrogen) atoms. The van der Waals surface area contributed by atoms with E-state index in [1.807, 2.05) is 65.6 Å². The Morgan fingerprint density at radius 1 is 0.857 bits per heavy atom. The number of ether oxygens (including phenoxy) is 1. The lowest BCUT2D eigenvalue weighted by Crippen LogP contribution is -2.49. The Bertz CT molecular complexity index is 744. The summed E-state index contributed by atoms with van der Waals surface area (Å²) in [6, 6.07) is 19.0. The number of hydrogen-bond donors (Lipinski definition) is 1. The Morgan fingerprint density at radius 2 is 1.50 bits per heavy atom. The van der Waals surface area contributed by atoms with Crippen LogP contribution in [0, 0.1) is 0 Å². The van der Waals surface area contributed by atoms with Crippen molar-refractivity contribution in [2.24, 2.45) is 0 Å². The topological polar surface area (TPSA) is 61.9 Å². The number of benzene rings is 2. The van der Waals surface area contributed by atoms with Crippen molar-refractivity contribution in [2.45, 2.75) is 12.8 Å². The van der Waals surface area contributed by atoms with Gasteiger partial charge in [0.15, 0.2) is 0 Å². The largest absolute Gasteiger partial charge is 0.493 e. The van der Waals surface area contributed by atoms with E-state index in [9.17, 15) is 9.59 Å². The molecule has 0 saturated carbocycles. The van der Waals surface area contributed by atoms with Gasteiger partial charge in [0.25, 0.3) is 0 Å². The lowest BCUT2D eigenvalue weighted by atomic mass is 10.2. The zero-order valence-electron chi connectivity index (χ0n) is 16.0. The number of rotatable bonds is 8. The van der Waals surface area contributed by atoms with Crippen molar-refractivity contribution in [1.29, 1.82) is 0 Å². The van der Waals surface area contributed by atoms with Crippen LogP contribution in [0.3, 0.4) is 0 Å². The van der Waals surface area contributed by atoms with Gasteiger partial charge in [0.2, 0.25) is 11.8 Å². The van der Waals surface area contributed by atoms with Crippen LogP contribution in [-0.4, -0.2) is 60.9 Å². The van der Waals surface area contributed by atoms with Gasteiger partial charge in [-0.05, 0) is 24.3 Å². The molecule has 2 aromatic carbocycles. The Morgan fingerprint density at radius 3 is 2.18 bits per heavy atom. The minimum Gasteiger partial charge on any atom is -0.493 e. The molecular formula is C22H27N3O3. The van der Waals surface area contributed by atoms with Gasteiger partial charge in [-0.1, -0.05) is 36.4 Å². The third kappa shape index (κ3) is 6.39. The van der Waals surface area contributed by atoms with Crippen LogP contribution in [0.1, 0.15) is 12.8 Å². The molecule has 1 aliphatic heterocycles. The smallest absolute Gasteiger partial charge is 0.226 e. The number of carbonyl (C=O) groups excluding carboxylic acids is 2. The molecule has 6 nitrogen and oxygen atoms in total. The van der Waals surface area contributed by atoms with Crippen LogP contribution in [0.5, 0.6) is 5.75 Å². The van der Waals surface area contributed by atoms with E-state index in [2.05, 4.69) is 10.2 Å². The molecule has 1 aliphatic rings. The predicted molar refractivity (Wildman–Crippen MR) is 109 cm³/mol. The number of piperazine rings is 1. The van der Waals surface area contributed by atoms with Crippen molar-refractivity contribution >= 4 is 17.5 Å². The van der Waals surface area contributed by atoms with Crippen LogP contribution in [0.25, 0.3) is 0 Å². The molecule has 1 saturated heterocycles. The quantitative estimate of drug-likeness (QED) is 0.764. The highest BCUT2D eigenvalue weighted by atomic mass is 16.5. The number of amides is 2. The van der Waals surface area contributed by atoms with E-state index in [1.165, 1.54) is 0 Å². The molecule has 3 rings (SSSR count). The first-order chi connectivity index (χ1) is 13.7. The highest BCUT2D eigenvalue weighted by Crippen LogP contribution is 2.10. The van der Waals surface area contributed by atoms with Crippen molar-refractivity contribution in [3.63, 3.8) is 0 Å². The van der Waals surface area contributed by atoms with Gasteiger partial charge in [-0.3, -0.25) is 14.5 Å². The summed E-state index contributed by atoms with van der Waals surface area (Å²) in [5.41, 5.74) is 0.820. The molecule has 6 heteroatoms. The second-order valence-corrected chi connectivity index (χ2v) is 6.80. The van der Waals surface area contributed by atoms with Crippen molar-refractivity contribution in [3.8, 4) is 5.75 Å². The van der Waals surface area contributed by atoms with Crippen LogP contribution in [0.2, 0.25) is 0 Å². The Hall–Kier alpha value is -2.86. The maximum atomic E-state index is 12.3. The summed E-state index contributed by atoms with van der Waals surface area (Å²) in [5, 5.41) is 2.90. The lowest BCUT2D eigenvalue weighted by Gasteiger charge is -2.34. The van der Waals surface area contributed by atoms with Crippen LogP contribution in [-0.2, 0) is 9.59 Å². The predicted octanol–water partition coefficient (Wildman–Crippen LogP) is 2.63. The summed E-state index contributed by atoms with van der Waals surface area (Å²) in [4.78, 5) is 28.5. The second kappa shape index (κ2) is 10.5. The average molecular weight is 381 g/mol. The van der Waals surface area contributed by atoms with Crippen LogP contribution in [0.4, 0.5) is 5.69 Å². The Labute approximate surface area is 166 Å². The van der Waals surface area contributed by atoms with Gasteiger partial charge in [-0.25, -0.2) is 0 Å². The van der Waals surface area contributed by atoms with Crippen molar-refractivity contribution in [3.05, 3.63) is 60.7 Å². The molecule has 0 atom stereocenters. The molecule has 2 aromatic rings. The number of nitrogens with zero attached hydrogens (tertiary/aromatic N) is 2. The number of nitrogens with one attached hydrogen (secondary N) is 1. The zero-order chi connectivity index (χ0) is 19.6. The minimum atomic E-state index is 0.0165. The van der Waals surface area contributed by atoms with Crippen LogP contribution >= 0.6 is 0 Å². The van der Waals surface area contributed by atoms with Gasteiger partial charge < -0.3 is 15.0 Å². The fraction of sp³-hybridized carbons (Fsp3) is 0.364. The van der Waals surface area contributed by atoms with E-state index in [1.54, 1.807) is 0 Å². The van der Waals surface area contributed by atoms with Gasteiger partial charge in [-0.2, -0.15) is 0 Å². The maximum Gasteiger partial charge on any atom is 0.226 e. The molecule has 2 amide bonds. The van der Waals surface area contributed by atoms with Crippen LogP contribution in [0.15, 0.2) is 60.7 Å². The number of anilines is 1. The summed E-state index contributed by atoms with van der Waals surface area (Å²) in [6.07, 6.45) is 0.835. The summed E-state index contributed by atoms with van der Waals surface area (Å²) in [7, 11) is 0. The number of para-hydroxylation sites is 2. The SMILES string of the molecule is O=C(CCN1CCN(C(=O)CCOc2ccccc2)CC1)Nc1ccccc1. The van der Waals surface area contributed by atoms with Gasteiger partial charge in [-0.15, -0.1) is 0 Å². The van der Waals surface area contributed by atoms with Gasteiger partial charge in [0, 0.05) is 44.8 Å². The molecule has 0 aliphatic carbocycles. The monoisotopic (exact) mass is 381 g/mol. The maximum absolute atomic E-state index is 12.3. The highest BCUT2D eigenvalue weighted by Gasteiger charge is 2.21. The minimum absolute atomic E-state index is 0.0165. The summed E-state index contributed by atoms with van der Waals surface area (Å²) >= 11 is 0. The molecule has 0 unspecified atom stereocenters. The van der Waals surface area contributed by atoms with Crippen molar-refractivity contribution in [1.82, 2.24) is 9.80 Å². The molecular weight excluding hydrogens is 354 g/mol. The first kappa shape index (κ1) is 19.9. The molecule has 1 N–H and O–H groups in total. The fourth-order valence-corrected chi connectivity index (χ4v) is 3.16. The number of carbonyl (C=O) groups is 2. The normalized spacial score (nSPS) is 14.5. The third-order valence-electron chi connectivity index (χ3n) is 4.77. The van der Waals surface area contributed by atoms with Crippen molar-refractivity contribution in [2.75, 3.05) is 44.6 Å². The Kier molecular flexibility index (Phi) is 7.44. The van der Waals surface area contributed by atoms with E-state index >= 15 is 0 Å². The summed E-state index contributed by atoms with van der Waals surface area (Å²) < 4.78 is 5.60. The van der Waals surface area contributed by atoms with E-state index in [0.29, 0.717) is 39.1 Å². The van der Waals surface area contributed by atoms with E-state index in [4.69, 9.17) is 4.74 Å². The fourth-order valence-electron chi connectivity index (χ4n) is 3.16. The van der Waals surface area contributed by atoms with Crippen molar-refractivity contribution < 1.29 is 14.3 Å². The van der Waals surface area contributed by atoms with Gasteiger partial charge in [0.1, 0.15) is 5.75 Å². The molecule has 0 aromatic heterocycles. The zero-order valence-corrected chi connectivity index (χ0v) is 16.0. The highest BCUT2D eigenvalue weighted by molar-refractivity contribution is 5.90. The van der Waals surface area contributed by atoms with Gasteiger partial charge >= 0.3 is 0 Å². The number of hydrogen-bond acceptors (Lipinski definition) is 4. The van der Waals surface area contributed by atoms with E-state index in [0.717, 1.165) is 24.5 Å². The van der Waals surface area contributed by atoms with Gasteiger partial charge in [0.05, 0.1) is 13.0 Å². The lowest BCUT2D eigenvalue weighted by molar-refractivity contribution is -0.133. The second-order valence-electron chi connectivity index (χ2n) is 6.80. The molecule has 1 fully saturated rings. The Balaban J connectivity index is 1.30. The first-order valence-electron chi connectivity index (χ1n) is 9.73. The van der Waals surface area contributed by atoms with E-state index in [-0.39, 0.29) is 11.8 Å². The third-order valence-corrected chi connectivity index (χ3v) is 4.77. The summed E-state index contributed by atoms with van der Waals surface area (Å²) in [6.45, 7) is 4.09. The first-order valence-corrected chi connectivity index (χ1v) is 9.73. The molecule has 0 radical (unpaired) electrons.